The van der Waals surface area contributed by atoms with E-state index in [1.54, 1.807) is 30.3 Å². The first kappa shape index (κ1) is 31.4. The third-order valence-corrected chi connectivity index (χ3v) is 7.55. The molecule has 0 saturated carbocycles. The van der Waals surface area contributed by atoms with Crippen molar-refractivity contribution >= 4 is 29.5 Å². The molecule has 2 aromatic rings. The number of hydrogen-bond donors (Lipinski definition) is 6. The van der Waals surface area contributed by atoms with E-state index in [0.717, 1.165) is 23.3 Å². The van der Waals surface area contributed by atoms with Crippen molar-refractivity contribution in [3.8, 4) is 0 Å². The summed E-state index contributed by atoms with van der Waals surface area (Å²) in [6, 6.07) is 8.75. The second-order valence-electron chi connectivity index (χ2n) is 10.7. The van der Waals surface area contributed by atoms with Gasteiger partial charge in [0.05, 0.1) is 18.2 Å². The van der Waals surface area contributed by atoms with Gasteiger partial charge >= 0.3 is 0 Å². The van der Waals surface area contributed by atoms with E-state index in [4.69, 9.17) is 10.2 Å². The number of nitrogens with zero attached hydrogens (tertiary/aromatic N) is 1. The molecule has 1 fully saturated rings. The number of piperidine rings is 1. The summed E-state index contributed by atoms with van der Waals surface area (Å²) in [6.45, 7) is 0.764. The molecule has 0 aliphatic carbocycles. The maximum atomic E-state index is 13.4. The number of furan rings is 1. The fourth-order valence-corrected chi connectivity index (χ4v) is 5.21. The molecule has 13 nitrogen and oxygen atoms in total. The van der Waals surface area contributed by atoms with E-state index in [-0.39, 0.29) is 44.8 Å². The van der Waals surface area contributed by atoms with Crippen LogP contribution in [-0.4, -0.2) is 77.5 Å². The summed E-state index contributed by atoms with van der Waals surface area (Å²) in [4.78, 5) is 65.3. The number of primary amides is 1. The van der Waals surface area contributed by atoms with E-state index < -0.39 is 47.9 Å². The van der Waals surface area contributed by atoms with Gasteiger partial charge in [0, 0.05) is 51.2 Å². The van der Waals surface area contributed by atoms with E-state index in [2.05, 4.69) is 21.3 Å². The predicted molar refractivity (Wildman–Crippen MR) is 155 cm³/mol. The van der Waals surface area contributed by atoms with Crippen LogP contribution in [0.1, 0.15) is 36.1 Å². The number of hydrogen-bond acceptors (Lipinski definition) is 8. The molecule has 0 radical (unpaired) electrons. The zero-order valence-corrected chi connectivity index (χ0v) is 23.8. The molecule has 13 heteroatoms. The minimum absolute atomic E-state index is 0.0679. The molecule has 2 aliphatic rings. The lowest BCUT2D eigenvalue weighted by Gasteiger charge is -2.32. The van der Waals surface area contributed by atoms with Crippen LogP contribution in [0.5, 0.6) is 0 Å². The molecule has 1 unspecified atom stereocenters. The number of nitrogens with two attached hydrogens (primary N) is 1. The fraction of sp³-hybridized carbons (Fsp3) is 0.433. The van der Waals surface area contributed by atoms with Crippen molar-refractivity contribution in [2.24, 2.45) is 11.7 Å². The van der Waals surface area contributed by atoms with E-state index in [9.17, 15) is 29.1 Å². The Morgan fingerprint density at radius 2 is 1.79 bits per heavy atom. The van der Waals surface area contributed by atoms with Gasteiger partial charge in [-0.15, -0.1) is 0 Å². The fourth-order valence-electron chi connectivity index (χ4n) is 5.21. The van der Waals surface area contributed by atoms with Gasteiger partial charge < -0.3 is 36.1 Å². The molecule has 4 rings (SSSR count). The van der Waals surface area contributed by atoms with E-state index in [1.807, 2.05) is 6.07 Å². The Bertz CT molecular complexity index is 1330. The molecule has 4 atom stereocenters. The number of carbonyl (C=O) groups is 5. The molecular formula is C30H38N6O7. The minimum Gasteiger partial charge on any atom is -0.469 e. The van der Waals surface area contributed by atoms with Gasteiger partial charge in [0.2, 0.25) is 29.5 Å². The summed E-state index contributed by atoms with van der Waals surface area (Å²) in [5.74, 6) is -2.45. The Labute approximate surface area is 249 Å². The Morgan fingerprint density at radius 1 is 1.00 bits per heavy atom. The summed E-state index contributed by atoms with van der Waals surface area (Å²) >= 11 is 0. The number of amides is 5. The van der Waals surface area contributed by atoms with Crippen LogP contribution in [0.25, 0.3) is 0 Å². The highest BCUT2D eigenvalue weighted by molar-refractivity contribution is 5.97. The van der Waals surface area contributed by atoms with E-state index in [0.29, 0.717) is 25.1 Å². The zero-order valence-electron chi connectivity index (χ0n) is 23.8. The van der Waals surface area contributed by atoms with Gasteiger partial charge in [0.25, 0.3) is 0 Å². The molecule has 7 N–H and O–H groups in total. The van der Waals surface area contributed by atoms with Crippen LogP contribution in [-0.2, 0) is 43.4 Å². The average molecular weight is 595 g/mol. The maximum Gasteiger partial charge on any atom is 0.246 e. The largest absolute Gasteiger partial charge is 0.469 e. The van der Waals surface area contributed by atoms with Gasteiger partial charge in [-0.2, -0.15) is 0 Å². The van der Waals surface area contributed by atoms with Crippen molar-refractivity contribution < 1.29 is 33.5 Å². The Balaban J connectivity index is 1.57. The van der Waals surface area contributed by atoms with E-state index >= 15 is 0 Å². The van der Waals surface area contributed by atoms with E-state index in [1.165, 1.54) is 11.2 Å². The summed E-state index contributed by atoms with van der Waals surface area (Å²) in [7, 11) is 0. The highest BCUT2D eigenvalue weighted by Crippen LogP contribution is 2.18. The molecule has 2 aliphatic heterocycles. The summed E-state index contributed by atoms with van der Waals surface area (Å²) < 4.78 is 5.43. The van der Waals surface area contributed by atoms with Crippen LogP contribution >= 0.6 is 0 Å². The van der Waals surface area contributed by atoms with Crippen molar-refractivity contribution in [2.45, 2.75) is 57.0 Å². The van der Waals surface area contributed by atoms with Crippen molar-refractivity contribution in [1.29, 1.82) is 0 Å². The van der Waals surface area contributed by atoms with Gasteiger partial charge in [-0.3, -0.25) is 29.3 Å². The van der Waals surface area contributed by atoms with Gasteiger partial charge in [-0.25, -0.2) is 0 Å². The number of rotatable bonds is 3. The van der Waals surface area contributed by atoms with Crippen LogP contribution < -0.4 is 27.0 Å². The first-order valence-electron chi connectivity index (χ1n) is 14.3. The second kappa shape index (κ2) is 15.1. The first-order valence-corrected chi connectivity index (χ1v) is 14.3. The molecule has 1 saturated heterocycles. The van der Waals surface area contributed by atoms with Gasteiger partial charge in [-0.05, 0) is 42.5 Å². The predicted octanol–water partition coefficient (Wildman–Crippen LogP) is -0.758. The number of aliphatic hydroxyl groups excluding tert-OH is 1. The van der Waals surface area contributed by atoms with Gasteiger partial charge in [-0.1, -0.05) is 24.3 Å². The minimum atomic E-state index is -1.15. The monoisotopic (exact) mass is 594 g/mol. The lowest BCUT2D eigenvalue weighted by molar-refractivity contribution is -0.135. The topological polar surface area (TPSA) is 196 Å². The van der Waals surface area contributed by atoms with Crippen molar-refractivity contribution in [2.75, 3.05) is 19.6 Å². The van der Waals surface area contributed by atoms with Gasteiger partial charge in [0.15, 0.2) is 0 Å². The zero-order chi connectivity index (χ0) is 30.8. The molecule has 1 aromatic heterocycles. The smallest absolute Gasteiger partial charge is 0.246 e. The standard InChI is InChI=1S/C30H38N6O7/c31-28(40)23-11-12-32-25(37)9-10-27(39)36-13-3-7-21(18-36)29(41)35-24(16-22-8-4-14-43-22)30(42)33-17-20-6-2-1-5-19(20)15-26(38)34-23/h1-2,4-6,8-10,14,21,23-24,26,34,38H,3,7,11-13,15-18H2,(H2,31,40)(H,32,37)(H,33,42)(H,35,41)/b10-9+/t21-,23+,24+,26?/m1/s1. The quantitative estimate of drug-likeness (QED) is 0.267. The third kappa shape index (κ3) is 9.25. The Hall–Kier alpha value is -4.49. The number of nitrogens with one attached hydrogen (secondary N) is 4. The molecule has 0 spiro atoms. The van der Waals surface area contributed by atoms with Crippen molar-refractivity contribution in [3.63, 3.8) is 0 Å². The average Bonchev–Trinajstić information content (AvgIpc) is 3.51. The Morgan fingerprint density at radius 3 is 2.53 bits per heavy atom. The number of fused-ring (bicyclic) bond motifs is 3. The highest BCUT2D eigenvalue weighted by atomic mass is 16.3. The van der Waals surface area contributed by atoms with Crippen LogP contribution in [0.4, 0.5) is 0 Å². The highest BCUT2D eigenvalue weighted by Gasteiger charge is 2.31. The number of benzene rings is 1. The summed E-state index contributed by atoms with van der Waals surface area (Å²) in [5, 5.41) is 21.8. The Kier molecular flexibility index (Phi) is 11.1. The molecule has 2 bridgehead atoms. The van der Waals surface area contributed by atoms with Crippen LogP contribution in [0, 0.1) is 5.92 Å². The molecule has 5 amide bonds. The maximum absolute atomic E-state index is 13.4. The van der Waals surface area contributed by atoms with Gasteiger partial charge in [0.1, 0.15) is 18.0 Å². The molecule has 43 heavy (non-hydrogen) atoms. The molecule has 1 aromatic carbocycles. The summed E-state index contributed by atoms with van der Waals surface area (Å²) in [5.41, 5.74) is 6.98. The van der Waals surface area contributed by atoms with Crippen molar-refractivity contribution in [1.82, 2.24) is 26.2 Å². The van der Waals surface area contributed by atoms with Crippen molar-refractivity contribution in [3.05, 3.63) is 71.7 Å². The second-order valence-corrected chi connectivity index (χ2v) is 10.7. The first-order chi connectivity index (χ1) is 20.7. The van der Waals surface area contributed by atoms with Crippen LogP contribution in [0.2, 0.25) is 0 Å². The lowest BCUT2D eigenvalue weighted by Crippen LogP contribution is -2.52. The summed E-state index contributed by atoms with van der Waals surface area (Å²) in [6.07, 6.45) is 4.04. The number of carbonyl (C=O) groups excluding carboxylic acids is 5. The SMILES string of the molecule is NC(=O)[C@@H]1CCNC(=O)/C=C/C(=O)N2CCC[C@H](C2)C(=O)N[C@@H](Cc2ccco2)C(=O)NCc2ccccc2CC(O)N1. The lowest BCUT2D eigenvalue weighted by atomic mass is 9.96. The molecule has 230 valence electrons. The normalized spacial score (nSPS) is 25.7. The van der Waals surface area contributed by atoms with Crippen LogP contribution in [0.3, 0.4) is 0 Å². The molecule has 3 heterocycles. The molecular weight excluding hydrogens is 556 g/mol. The number of aliphatic hydroxyl groups is 1. The van der Waals surface area contributed by atoms with Crippen LogP contribution in [0.15, 0.2) is 59.2 Å². The third-order valence-electron chi connectivity index (χ3n) is 7.55.